The number of carbonyl (C=O) groups excluding carboxylic acids is 3. The molecule has 0 aromatic rings. The van der Waals surface area contributed by atoms with Crippen LogP contribution in [0.4, 0.5) is 0 Å². The molecule has 0 aromatic carbocycles. The summed E-state index contributed by atoms with van der Waals surface area (Å²) in [4.78, 5) is 47.2. The molecule has 156 valence electrons. The maximum atomic E-state index is 12.2. The topological polar surface area (TPSA) is 171 Å². The van der Waals surface area contributed by atoms with Crippen LogP contribution in [0.1, 0.15) is 41.0 Å². The van der Waals surface area contributed by atoms with E-state index in [1.165, 1.54) is 6.92 Å². The van der Waals surface area contributed by atoms with Gasteiger partial charge < -0.3 is 31.9 Å². The van der Waals surface area contributed by atoms with Crippen molar-refractivity contribution in [1.82, 2.24) is 16.0 Å². The molecule has 0 fully saturated rings. The van der Waals surface area contributed by atoms with Crippen molar-refractivity contribution >= 4 is 23.7 Å². The highest BCUT2D eigenvalue weighted by atomic mass is 16.4. The fourth-order valence-electron chi connectivity index (χ4n) is 2.17. The van der Waals surface area contributed by atoms with E-state index in [9.17, 15) is 24.3 Å². The summed E-state index contributed by atoms with van der Waals surface area (Å²) >= 11 is 0. The Bertz CT molecular complexity index is 536. The lowest BCUT2D eigenvalue weighted by Crippen LogP contribution is -2.57. The fraction of sp³-hybridized carbons (Fsp3) is 0.765. The third-order valence-electron chi connectivity index (χ3n) is 3.85. The SMILES string of the molecule is CC(C)CC(NC(=O)CNC(=O)C(NC(=O)C(N)C(C)C)C(C)O)C(=O)O. The molecule has 7 N–H and O–H groups in total. The molecule has 0 radical (unpaired) electrons. The monoisotopic (exact) mass is 388 g/mol. The molecule has 10 heteroatoms. The third kappa shape index (κ3) is 9.34. The van der Waals surface area contributed by atoms with E-state index >= 15 is 0 Å². The van der Waals surface area contributed by atoms with Crippen molar-refractivity contribution in [2.75, 3.05) is 6.54 Å². The number of aliphatic hydroxyl groups is 1. The summed E-state index contributed by atoms with van der Waals surface area (Å²) in [7, 11) is 0. The second kappa shape index (κ2) is 11.5. The van der Waals surface area contributed by atoms with Crippen molar-refractivity contribution in [2.45, 2.75) is 65.3 Å². The number of carbonyl (C=O) groups is 4. The fourth-order valence-corrected chi connectivity index (χ4v) is 2.17. The number of nitrogens with one attached hydrogen (secondary N) is 3. The Kier molecular flexibility index (Phi) is 10.6. The zero-order chi connectivity index (χ0) is 21.3. The van der Waals surface area contributed by atoms with Crippen LogP contribution in [0.25, 0.3) is 0 Å². The van der Waals surface area contributed by atoms with Gasteiger partial charge in [-0.15, -0.1) is 0 Å². The quantitative estimate of drug-likeness (QED) is 0.252. The Balaban J connectivity index is 4.75. The molecule has 4 unspecified atom stereocenters. The number of rotatable bonds is 11. The van der Waals surface area contributed by atoms with E-state index in [1.807, 2.05) is 13.8 Å². The maximum Gasteiger partial charge on any atom is 0.326 e. The zero-order valence-corrected chi connectivity index (χ0v) is 16.5. The van der Waals surface area contributed by atoms with Gasteiger partial charge in [-0.2, -0.15) is 0 Å². The predicted octanol–water partition coefficient (Wildman–Crippen LogP) is -1.43. The van der Waals surface area contributed by atoms with Crippen molar-refractivity contribution in [3.8, 4) is 0 Å². The molecule has 27 heavy (non-hydrogen) atoms. The summed E-state index contributed by atoms with van der Waals surface area (Å²) in [6, 6.07) is -3.21. The molecule has 3 amide bonds. The number of aliphatic hydroxyl groups excluding tert-OH is 1. The number of nitrogens with two attached hydrogens (primary N) is 1. The first-order valence-corrected chi connectivity index (χ1v) is 8.90. The molecule has 0 saturated heterocycles. The molecule has 0 aliphatic heterocycles. The second-order valence-electron chi connectivity index (χ2n) is 7.30. The molecule has 0 saturated carbocycles. The zero-order valence-electron chi connectivity index (χ0n) is 16.5. The first-order chi connectivity index (χ1) is 12.4. The number of carboxylic acid groups (broad SMARTS) is 1. The summed E-state index contributed by atoms with van der Waals surface area (Å²) in [5, 5.41) is 25.8. The van der Waals surface area contributed by atoms with Crippen LogP contribution in [0.5, 0.6) is 0 Å². The Morgan fingerprint density at radius 2 is 1.52 bits per heavy atom. The molecule has 0 aromatic heterocycles. The van der Waals surface area contributed by atoms with E-state index in [0.717, 1.165) is 0 Å². The van der Waals surface area contributed by atoms with E-state index < -0.39 is 54.5 Å². The molecule has 0 aliphatic carbocycles. The summed E-state index contributed by atoms with van der Waals surface area (Å²) in [6.45, 7) is 7.94. The van der Waals surface area contributed by atoms with E-state index in [1.54, 1.807) is 13.8 Å². The van der Waals surface area contributed by atoms with E-state index in [0.29, 0.717) is 0 Å². The van der Waals surface area contributed by atoms with Gasteiger partial charge in [0.15, 0.2) is 0 Å². The summed E-state index contributed by atoms with van der Waals surface area (Å²) in [6.07, 6.45) is -0.974. The van der Waals surface area contributed by atoms with Crippen LogP contribution >= 0.6 is 0 Å². The number of hydrogen-bond acceptors (Lipinski definition) is 6. The highest BCUT2D eigenvalue weighted by molar-refractivity contribution is 5.92. The number of amides is 3. The Hall–Kier alpha value is -2.20. The number of aliphatic carboxylic acids is 1. The Labute approximate surface area is 159 Å². The van der Waals surface area contributed by atoms with E-state index in [4.69, 9.17) is 10.8 Å². The molecule has 0 heterocycles. The largest absolute Gasteiger partial charge is 0.480 e. The number of carboxylic acids is 1. The molecular weight excluding hydrogens is 356 g/mol. The van der Waals surface area contributed by atoms with E-state index in [2.05, 4.69) is 16.0 Å². The van der Waals surface area contributed by atoms with Crippen molar-refractivity contribution < 1.29 is 29.4 Å². The average Bonchev–Trinajstić information content (AvgIpc) is 2.54. The van der Waals surface area contributed by atoms with Crippen LogP contribution in [-0.2, 0) is 19.2 Å². The normalized spacial score (nSPS) is 15.6. The van der Waals surface area contributed by atoms with Gasteiger partial charge >= 0.3 is 5.97 Å². The highest BCUT2D eigenvalue weighted by Crippen LogP contribution is 2.05. The molecule has 0 spiro atoms. The lowest BCUT2D eigenvalue weighted by Gasteiger charge is -2.24. The lowest BCUT2D eigenvalue weighted by molar-refractivity contribution is -0.142. The second-order valence-corrected chi connectivity index (χ2v) is 7.30. The smallest absolute Gasteiger partial charge is 0.326 e. The molecule has 4 atom stereocenters. The van der Waals surface area contributed by atoms with Gasteiger partial charge in [-0.05, 0) is 25.2 Å². The molecule has 10 nitrogen and oxygen atoms in total. The third-order valence-corrected chi connectivity index (χ3v) is 3.85. The van der Waals surface area contributed by atoms with Gasteiger partial charge in [0.1, 0.15) is 12.1 Å². The molecule has 0 bridgehead atoms. The minimum Gasteiger partial charge on any atom is -0.480 e. The standard InChI is InChI=1S/C17H32N4O6/c1-8(2)6-11(17(26)27)20-12(23)7-19-16(25)14(10(5)22)21-15(24)13(18)9(3)4/h8-11,13-14,22H,6-7,18H2,1-5H3,(H,19,25)(H,20,23)(H,21,24)(H,26,27). The van der Waals surface area contributed by atoms with Crippen LogP contribution < -0.4 is 21.7 Å². The number of hydrogen-bond donors (Lipinski definition) is 6. The minimum absolute atomic E-state index is 0.0565. The van der Waals surface area contributed by atoms with Gasteiger partial charge in [0, 0.05) is 0 Å². The van der Waals surface area contributed by atoms with Gasteiger partial charge in [0.2, 0.25) is 17.7 Å². The van der Waals surface area contributed by atoms with Crippen LogP contribution in [-0.4, -0.2) is 64.7 Å². The predicted molar refractivity (Wildman–Crippen MR) is 98.5 cm³/mol. The summed E-state index contributed by atoms with van der Waals surface area (Å²) in [5.74, 6) is -3.34. The van der Waals surface area contributed by atoms with Crippen molar-refractivity contribution in [2.24, 2.45) is 17.6 Å². The Morgan fingerprint density at radius 3 is 1.93 bits per heavy atom. The maximum absolute atomic E-state index is 12.2. The van der Waals surface area contributed by atoms with Gasteiger partial charge in [-0.1, -0.05) is 27.7 Å². The molecule has 0 aliphatic rings. The van der Waals surface area contributed by atoms with Crippen molar-refractivity contribution in [3.63, 3.8) is 0 Å². The van der Waals surface area contributed by atoms with Gasteiger partial charge in [0.25, 0.3) is 0 Å². The highest BCUT2D eigenvalue weighted by Gasteiger charge is 2.29. The average molecular weight is 388 g/mol. The summed E-state index contributed by atoms with van der Waals surface area (Å²) < 4.78 is 0. The minimum atomic E-state index is -1.29. The van der Waals surface area contributed by atoms with Gasteiger partial charge in [0.05, 0.1) is 18.7 Å². The Morgan fingerprint density at radius 1 is 0.963 bits per heavy atom. The molecular formula is C17H32N4O6. The van der Waals surface area contributed by atoms with Crippen molar-refractivity contribution in [1.29, 1.82) is 0 Å². The first kappa shape index (κ1) is 24.8. The van der Waals surface area contributed by atoms with Gasteiger partial charge in [-0.25, -0.2) is 4.79 Å². The van der Waals surface area contributed by atoms with Crippen LogP contribution in [0.15, 0.2) is 0 Å². The van der Waals surface area contributed by atoms with Gasteiger partial charge in [-0.3, -0.25) is 14.4 Å². The first-order valence-electron chi connectivity index (χ1n) is 8.90. The van der Waals surface area contributed by atoms with Crippen LogP contribution in [0, 0.1) is 11.8 Å². The summed E-state index contributed by atoms with van der Waals surface area (Å²) in [5.41, 5.74) is 5.71. The van der Waals surface area contributed by atoms with Crippen LogP contribution in [0.2, 0.25) is 0 Å². The van der Waals surface area contributed by atoms with Crippen LogP contribution in [0.3, 0.4) is 0 Å². The molecule has 0 rings (SSSR count). The van der Waals surface area contributed by atoms with E-state index in [-0.39, 0.29) is 18.3 Å². The lowest BCUT2D eigenvalue weighted by atomic mass is 10.0. The van der Waals surface area contributed by atoms with Crippen molar-refractivity contribution in [3.05, 3.63) is 0 Å².